The smallest absolute Gasteiger partial charge is 0.243 e. The molecule has 1 aromatic heterocycles. The molecule has 1 atom stereocenters. The molecule has 5 nitrogen and oxygen atoms in total. The van der Waals surface area contributed by atoms with Gasteiger partial charge in [0.25, 0.3) is 0 Å². The molecular formula is C24H27N3O2S. The minimum absolute atomic E-state index is 0.282. The van der Waals surface area contributed by atoms with Crippen LogP contribution in [0.15, 0.2) is 59.6 Å². The Morgan fingerprint density at radius 3 is 2.70 bits per heavy atom. The van der Waals surface area contributed by atoms with E-state index in [0.29, 0.717) is 18.0 Å². The van der Waals surface area contributed by atoms with Crippen LogP contribution in [-0.2, 0) is 29.4 Å². The van der Waals surface area contributed by atoms with E-state index < -0.39 is 10.0 Å². The first kappa shape index (κ1) is 19.5. The molecule has 1 saturated heterocycles. The van der Waals surface area contributed by atoms with Gasteiger partial charge in [-0.15, -0.1) is 0 Å². The minimum Gasteiger partial charge on any atom is -0.328 e. The predicted octanol–water partition coefficient (Wildman–Crippen LogP) is 4.06. The van der Waals surface area contributed by atoms with Crippen LogP contribution in [-0.4, -0.2) is 35.4 Å². The van der Waals surface area contributed by atoms with E-state index in [4.69, 9.17) is 0 Å². The number of hydrogen-bond donors (Lipinski definition) is 0. The number of rotatable bonds is 5. The fraction of sp³-hybridized carbons (Fsp3) is 0.375. The maximum Gasteiger partial charge on any atom is 0.243 e. The van der Waals surface area contributed by atoms with E-state index in [1.54, 1.807) is 10.4 Å². The van der Waals surface area contributed by atoms with E-state index in [1.807, 2.05) is 36.5 Å². The van der Waals surface area contributed by atoms with Crippen LogP contribution >= 0.6 is 0 Å². The second-order valence-electron chi connectivity index (χ2n) is 8.50. The molecule has 2 aliphatic rings. The largest absolute Gasteiger partial charge is 0.328 e. The lowest BCUT2D eigenvalue weighted by Gasteiger charge is -2.18. The van der Waals surface area contributed by atoms with Crippen molar-refractivity contribution >= 4 is 10.0 Å². The summed E-state index contributed by atoms with van der Waals surface area (Å²) in [4.78, 5) is 5.06. The molecule has 156 valence electrons. The molecule has 3 aromatic rings. The van der Waals surface area contributed by atoms with Crippen molar-refractivity contribution in [3.05, 3.63) is 71.5 Å². The van der Waals surface area contributed by atoms with Gasteiger partial charge in [0.15, 0.2) is 0 Å². The van der Waals surface area contributed by atoms with Crippen LogP contribution in [0.2, 0.25) is 0 Å². The second-order valence-corrected chi connectivity index (χ2v) is 10.4. The Balaban J connectivity index is 1.34. The van der Waals surface area contributed by atoms with Crippen LogP contribution in [0.3, 0.4) is 0 Å². The average molecular weight is 422 g/mol. The molecule has 1 unspecified atom stereocenters. The topological polar surface area (TPSA) is 55.2 Å². The highest BCUT2D eigenvalue weighted by atomic mass is 32.2. The average Bonchev–Trinajstić information content (AvgIpc) is 3.49. The molecule has 0 N–H and O–H groups in total. The molecule has 2 aromatic carbocycles. The number of imidazole rings is 1. The number of nitrogens with zero attached hydrogens (tertiary/aromatic N) is 3. The fourth-order valence-electron chi connectivity index (χ4n) is 4.79. The SMILES string of the molecule is Cc1cnc(-c2ccccc2)n1CC1CCN(S(=O)(=O)c2ccc3c(c2)CCC3)C1. The minimum atomic E-state index is -3.44. The molecule has 6 heteroatoms. The van der Waals surface area contributed by atoms with Crippen LogP contribution in [0.1, 0.15) is 29.7 Å². The molecule has 1 aliphatic heterocycles. The summed E-state index contributed by atoms with van der Waals surface area (Å²) in [6.45, 7) is 3.99. The molecule has 5 rings (SSSR count). The molecule has 2 heterocycles. The van der Waals surface area contributed by atoms with Crippen LogP contribution in [0, 0.1) is 12.8 Å². The van der Waals surface area contributed by atoms with Gasteiger partial charge in [-0.2, -0.15) is 4.31 Å². The van der Waals surface area contributed by atoms with Gasteiger partial charge < -0.3 is 4.57 Å². The molecular weight excluding hydrogens is 394 g/mol. The predicted molar refractivity (Wildman–Crippen MR) is 118 cm³/mol. The van der Waals surface area contributed by atoms with Gasteiger partial charge in [0.05, 0.1) is 4.90 Å². The molecule has 1 aliphatic carbocycles. The number of aromatic nitrogens is 2. The Morgan fingerprint density at radius 2 is 1.87 bits per heavy atom. The quantitative estimate of drug-likeness (QED) is 0.624. The lowest BCUT2D eigenvalue weighted by molar-refractivity contribution is 0.428. The third kappa shape index (κ3) is 3.48. The van der Waals surface area contributed by atoms with E-state index in [0.717, 1.165) is 49.3 Å². The summed E-state index contributed by atoms with van der Waals surface area (Å²) in [7, 11) is -3.44. The fourth-order valence-corrected chi connectivity index (χ4v) is 6.37. The molecule has 0 bridgehead atoms. The van der Waals surface area contributed by atoms with Crippen molar-refractivity contribution in [3.8, 4) is 11.4 Å². The van der Waals surface area contributed by atoms with Crippen molar-refractivity contribution in [3.63, 3.8) is 0 Å². The van der Waals surface area contributed by atoms with Gasteiger partial charge >= 0.3 is 0 Å². The van der Waals surface area contributed by atoms with E-state index >= 15 is 0 Å². The van der Waals surface area contributed by atoms with Crippen molar-refractivity contribution < 1.29 is 8.42 Å². The van der Waals surface area contributed by atoms with Gasteiger partial charge in [0, 0.05) is 37.1 Å². The third-order valence-corrected chi connectivity index (χ3v) is 8.35. The molecule has 0 radical (unpaired) electrons. The number of benzene rings is 2. The summed E-state index contributed by atoms with van der Waals surface area (Å²) < 4.78 is 30.4. The van der Waals surface area contributed by atoms with Gasteiger partial charge in [0.2, 0.25) is 10.0 Å². The highest BCUT2D eigenvalue weighted by Crippen LogP contribution is 2.30. The number of sulfonamides is 1. The third-order valence-electron chi connectivity index (χ3n) is 6.48. The van der Waals surface area contributed by atoms with Gasteiger partial charge in [-0.3, -0.25) is 0 Å². The van der Waals surface area contributed by atoms with Crippen LogP contribution in [0.5, 0.6) is 0 Å². The monoisotopic (exact) mass is 421 g/mol. The number of fused-ring (bicyclic) bond motifs is 1. The number of aryl methyl sites for hydroxylation is 3. The standard InChI is InChI=1S/C24H27N3O2S/c1-18-15-25-24(21-6-3-2-4-7-21)27(18)17-19-12-13-26(16-19)30(28,29)23-11-10-20-8-5-9-22(20)14-23/h2-4,6-7,10-11,14-15,19H,5,8-9,12-13,16-17H2,1H3. The van der Waals surface area contributed by atoms with E-state index in [-0.39, 0.29) is 5.92 Å². The van der Waals surface area contributed by atoms with Crippen molar-refractivity contribution in [1.29, 1.82) is 0 Å². The van der Waals surface area contributed by atoms with Gasteiger partial charge in [0.1, 0.15) is 5.82 Å². The van der Waals surface area contributed by atoms with Crippen LogP contribution in [0.25, 0.3) is 11.4 Å². The van der Waals surface area contributed by atoms with E-state index in [1.165, 1.54) is 11.1 Å². The van der Waals surface area contributed by atoms with Crippen molar-refractivity contribution in [1.82, 2.24) is 13.9 Å². The molecule has 0 saturated carbocycles. The lowest BCUT2D eigenvalue weighted by atomic mass is 10.1. The van der Waals surface area contributed by atoms with E-state index in [2.05, 4.69) is 28.6 Å². The summed E-state index contributed by atoms with van der Waals surface area (Å²) in [5, 5.41) is 0. The Kier molecular flexibility index (Phi) is 4.99. The molecule has 0 amide bonds. The first-order chi connectivity index (χ1) is 14.5. The summed E-state index contributed by atoms with van der Waals surface area (Å²) in [6, 6.07) is 15.9. The first-order valence-corrected chi connectivity index (χ1v) is 12.2. The van der Waals surface area contributed by atoms with Crippen molar-refractivity contribution in [2.24, 2.45) is 5.92 Å². The maximum atomic E-state index is 13.2. The first-order valence-electron chi connectivity index (χ1n) is 10.7. The highest BCUT2D eigenvalue weighted by Gasteiger charge is 2.33. The summed E-state index contributed by atoms with van der Waals surface area (Å²) in [6.07, 6.45) is 5.95. The molecule has 30 heavy (non-hydrogen) atoms. The summed E-state index contributed by atoms with van der Waals surface area (Å²) >= 11 is 0. The maximum absolute atomic E-state index is 13.2. The van der Waals surface area contributed by atoms with Gasteiger partial charge in [-0.25, -0.2) is 13.4 Å². The Bertz CT molecular complexity index is 1170. The highest BCUT2D eigenvalue weighted by molar-refractivity contribution is 7.89. The normalized spacial score (nSPS) is 19.3. The zero-order valence-corrected chi connectivity index (χ0v) is 18.1. The van der Waals surface area contributed by atoms with Crippen molar-refractivity contribution in [2.45, 2.75) is 44.0 Å². The van der Waals surface area contributed by atoms with Gasteiger partial charge in [-0.05, 0) is 61.8 Å². The molecule has 0 spiro atoms. The second kappa shape index (κ2) is 7.67. The van der Waals surface area contributed by atoms with Crippen molar-refractivity contribution in [2.75, 3.05) is 13.1 Å². The summed E-state index contributed by atoms with van der Waals surface area (Å²) in [5.41, 5.74) is 4.70. The lowest BCUT2D eigenvalue weighted by Crippen LogP contribution is -2.29. The zero-order valence-electron chi connectivity index (χ0n) is 17.3. The Hall–Kier alpha value is -2.44. The van der Waals surface area contributed by atoms with Crippen LogP contribution < -0.4 is 0 Å². The Labute approximate surface area is 178 Å². The Morgan fingerprint density at radius 1 is 1.07 bits per heavy atom. The summed E-state index contributed by atoms with van der Waals surface area (Å²) in [5.74, 6) is 1.23. The van der Waals surface area contributed by atoms with Crippen LogP contribution in [0.4, 0.5) is 0 Å². The van der Waals surface area contributed by atoms with Gasteiger partial charge in [-0.1, -0.05) is 36.4 Å². The zero-order chi connectivity index (χ0) is 20.7. The van der Waals surface area contributed by atoms with E-state index in [9.17, 15) is 8.42 Å². The number of hydrogen-bond acceptors (Lipinski definition) is 3. The molecule has 1 fully saturated rings.